The minimum atomic E-state index is -0.232. The van der Waals surface area contributed by atoms with E-state index in [4.69, 9.17) is 4.74 Å². The van der Waals surface area contributed by atoms with Gasteiger partial charge in [-0.25, -0.2) is 4.68 Å². The van der Waals surface area contributed by atoms with Gasteiger partial charge in [0, 0.05) is 18.7 Å². The highest BCUT2D eigenvalue weighted by Crippen LogP contribution is 2.42. The Morgan fingerprint density at radius 2 is 1.55 bits per heavy atom. The molecule has 1 amide bonds. The molecule has 0 saturated carbocycles. The minimum Gasteiger partial charge on any atom is -0.492 e. The van der Waals surface area contributed by atoms with Gasteiger partial charge in [-0.3, -0.25) is 4.79 Å². The Morgan fingerprint density at radius 3 is 2.10 bits per heavy atom. The van der Waals surface area contributed by atoms with E-state index in [-0.39, 0.29) is 11.3 Å². The molecule has 0 bridgehead atoms. The second-order valence-electron chi connectivity index (χ2n) is 11.5. The number of aromatic nitrogens is 3. The van der Waals surface area contributed by atoms with Crippen molar-refractivity contribution < 1.29 is 9.53 Å². The van der Waals surface area contributed by atoms with E-state index in [0.717, 1.165) is 22.5 Å². The van der Waals surface area contributed by atoms with E-state index in [1.807, 2.05) is 43.3 Å². The first kappa shape index (κ1) is 28.6. The van der Waals surface area contributed by atoms with Gasteiger partial charge in [-0.1, -0.05) is 92.7 Å². The van der Waals surface area contributed by atoms with Gasteiger partial charge < -0.3 is 15.0 Å². The van der Waals surface area contributed by atoms with Crippen LogP contribution in [0.3, 0.4) is 0 Å². The second kappa shape index (κ2) is 12.3. The number of nitrogens with zero attached hydrogens (tertiary/aromatic N) is 4. The van der Waals surface area contributed by atoms with Crippen LogP contribution in [-0.2, 0) is 18.5 Å². The van der Waals surface area contributed by atoms with Crippen LogP contribution in [0.5, 0.6) is 5.75 Å². The van der Waals surface area contributed by atoms with Crippen LogP contribution in [-0.4, -0.2) is 28.0 Å². The number of amides is 1. The number of ether oxygens (including phenoxy) is 1. The highest BCUT2D eigenvalue weighted by Gasteiger charge is 2.24. The Morgan fingerprint density at radius 1 is 0.905 bits per heavy atom. The molecule has 0 aliphatic heterocycles. The Kier molecular flexibility index (Phi) is 8.38. The highest BCUT2D eigenvalue weighted by molar-refractivity contribution is 6.06. The van der Waals surface area contributed by atoms with Crippen LogP contribution in [0.2, 0.25) is 0 Å². The van der Waals surface area contributed by atoms with Crippen molar-refractivity contribution in [1.82, 2.24) is 15.0 Å². The van der Waals surface area contributed by atoms with E-state index in [0.29, 0.717) is 30.1 Å². The summed E-state index contributed by atoms with van der Waals surface area (Å²) in [4.78, 5) is 16.0. The van der Waals surface area contributed by atoms with E-state index in [2.05, 4.69) is 95.9 Å². The van der Waals surface area contributed by atoms with Crippen LogP contribution in [0, 0.1) is 6.92 Å². The summed E-state index contributed by atoms with van der Waals surface area (Å²) in [5.41, 5.74) is 7.13. The monoisotopic (exact) mass is 559 g/mol. The van der Waals surface area contributed by atoms with Gasteiger partial charge in [-0.2, -0.15) is 0 Å². The van der Waals surface area contributed by atoms with Gasteiger partial charge in [0.25, 0.3) is 5.91 Å². The van der Waals surface area contributed by atoms with Crippen molar-refractivity contribution in [3.8, 4) is 11.4 Å². The summed E-state index contributed by atoms with van der Waals surface area (Å²) in [7, 11) is 1.66. The van der Waals surface area contributed by atoms with Gasteiger partial charge in [0.1, 0.15) is 0 Å². The fourth-order valence-corrected chi connectivity index (χ4v) is 4.95. The van der Waals surface area contributed by atoms with Gasteiger partial charge in [0.15, 0.2) is 5.75 Å². The SMILES string of the molecule is COc1c(NC(=O)c2ccc(C)c(-n3ccnn3)c2)cc(C(C)(C)C)cc1N(Cc1ccccc1)Cc1ccccc1. The maximum Gasteiger partial charge on any atom is 0.255 e. The lowest BCUT2D eigenvalue weighted by atomic mass is 9.86. The first-order chi connectivity index (χ1) is 20.2. The van der Waals surface area contributed by atoms with Crippen LogP contribution >= 0.6 is 0 Å². The van der Waals surface area contributed by atoms with Crippen LogP contribution in [0.1, 0.15) is 53.4 Å². The Hall–Kier alpha value is -4.91. The molecule has 0 aliphatic carbocycles. The molecule has 0 spiro atoms. The maximum absolute atomic E-state index is 13.7. The molecule has 1 heterocycles. The van der Waals surface area contributed by atoms with Crippen LogP contribution in [0.15, 0.2) is 103 Å². The Labute approximate surface area is 247 Å². The number of hydrogen-bond acceptors (Lipinski definition) is 5. The number of rotatable bonds is 9. The second-order valence-corrected chi connectivity index (χ2v) is 11.5. The van der Waals surface area contributed by atoms with E-state index in [1.54, 1.807) is 24.2 Å². The zero-order valence-corrected chi connectivity index (χ0v) is 24.8. The van der Waals surface area contributed by atoms with E-state index in [1.165, 1.54) is 11.1 Å². The molecule has 5 rings (SSSR count). The molecule has 5 aromatic rings. The fraction of sp³-hybridized carbons (Fsp3) is 0.229. The molecule has 7 nitrogen and oxygen atoms in total. The van der Waals surface area contributed by atoms with Crippen molar-refractivity contribution in [3.63, 3.8) is 0 Å². The molecule has 214 valence electrons. The summed E-state index contributed by atoms with van der Waals surface area (Å²) < 4.78 is 7.72. The van der Waals surface area contributed by atoms with Crippen LogP contribution in [0.4, 0.5) is 11.4 Å². The van der Waals surface area contributed by atoms with Crippen molar-refractivity contribution >= 4 is 17.3 Å². The van der Waals surface area contributed by atoms with Gasteiger partial charge in [0.2, 0.25) is 0 Å². The summed E-state index contributed by atoms with van der Waals surface area (Å²) in [6, 6.07) is 30.6. The van der Waals surface area contributed by atoms with Gasteiger partial charge in [-0.05, 0) is 58.9 Å². The van der Waals surface area contributed by atoms with Crippen molar-refractivity contribution in [2.24, 2.45) is 0 Å². The average Bonchev–Trinajstić information content (AvgIpc) is 3.52. The van der Waals surface area contributed by atoms with Crippen molar-refractivity contribution in [1.29, 1.82) is 0 Å². The van der Waals surface area contributed by atoms with Crippen LogP contribution in [0.25, 0.3) is 5.69 Å². The predicted octanol–water partition coefficient (Wildman–Crippen LogP) is 7.34. The first-order valence-electron chi connectivity index (χ1n) is 14.1. The number of hydrogen-bond donors (Lipinski definition) is 1. The van der Waals surface area contributed by atoms with Crippen LogP contribution < -0.4 is 15.0 Å². The molecule has 0 radical (unpaired) electrons. The van der Waals surface area contributed by atoms with Gasteiger partial charge in [-0.15, -0.1) is 5.10 Å². The molecule has 0 unspecified atom stereocenters. The fourth-order valence-electron chi connectivity index (χ4n) is 4.95. The third-order valence-electron chi connectivity index (χ3n) is 7.30. The number of aryl methyl sites for hydroxylation is 1. The van der Waals surface area contributed by atoms with Crippen molar-refractivity contribution in [3.05, 3.63) is 131 Å². The number of methoxy groups -OCH3 is 1. The average molecular weight is 560 g/mol. The first-order valence-corrected chi connectivity index (χ1v) is 14.1. The molecule has 0 saturated heterocycles. The molecule has 0 aliphatic rings. The van der Waals surface area contributed by atoms with E-state index < -0.39 is 0 Å². The number of carbonyl (C=O) groups excluding carboxylic acids is 1. The molecule has 0 fully saturated rings. The molecule has 1 aromatic heterocycles. The standard InChI is InChI=1S/C35H37N5O2/c1-25-16-17-28(20-31(25)40-19-18-36-38-40)34(41)37-30-21-29(35(2,3)4)22-32(33(30)42-5)39(23-26-12-8-6-9-13-26)24-27-14-10-7-11-15-27/h6-22H,23-24H2,1-5H3,(H,37,41). The Bertz CT molecular complexity index is 1600. The highest BCUT2D eigenvalue weighted by atomic mass is 16.5. The zero-order chi connectivity index (χ0) is 29.7. The molecular formula is C35H37N5O2. The lowest BCUT2D eigenvalue weighted by Crippen LogP contribution is -2.25. The molecular weight excluding hydrogens is 522 g/mol. The Balaban J connectivity index is 1.58. The smallest absolute Gasteiger partial charge is 0.255 e. The lowest BCUT2D eigenvalue weighted by molar-refractivity contribution is 0.102. The normalized spacial score (nSPS) is 11.3. The molecule has 0 atom stereocenters. The summed E-state index contributed by atoms with van der Waals surface area (Å²) in [6.45, 7) is 9.85. The topological polar surface area (TPSA) is 72.3 Å². The quantitative estimate of drug-likeness (QED) is 0.205. The zero-order valence-electron chi connectivity index (χ0n) is 24.8. The summed E-state index contributed by atoms with van der Waals surface area (Å²) >= 11 is 0. The lowest BCUT2D eigenvalue weighted by Gasteiger charge is -2.31. The summed E-state index contributed by atoms with van der Waals surface area (Å²) in [6.07, 6.45) is 3.38. The van der Waals surface area contributed by atoms with Crippen molar-refractivity contribution in [2.45, 2.75) is 46.2 Å². The largest absolute Gasteiger partial charge is 0.492 e. The molecule has 7 heteroatoms. The third kappa shape index (κ3) is 6.52. The maximum atomic E-state index is 13.7. The minimum absolute atomic E-state index is 0.171. The van der Waals surface area contributed by atoms with E-state index in [9.17, 15) is 4.79 Å². The molecule has 1 N–H and O–H groups in total. The molecule has 4 aromatic carbocycles. The summed E-state index contributed by atoms with van der Waals surface area (Å²) in [5.74, 6) is 0.385. The van der Waals surface area contributed by atoms with Crippen molar-refractivity contribution in [2.75, 3.05) is 17.3 Å². The number of benzene rings is 4. The van der Waals surface area contributed by atoms with E-state index >= 15 is 0 Å². The predicted molar refractivity (Wildman–Crippen MR) is 169 cm³/mol. The third-order valence-corrected chi connectivity index (χ3v) is 7.30. The number of nitrogens with one attached hydrogen (secondary N) is 1. The van der Waals surface area contributed by atoms with Gasteiger partial charge >= 0.3 is 0 Å². The summed E-state index contributed by atoms with van der Waals surface area (Å²) in [5, 5.41) is 11.2. The molecule has 42 heavy (non-hydrogen) atoms. The number of anilines is 2. The van der Waals surface area contributed by atoms with Gasteiger partial charge in [0.05, 0.1) is 36.6 Å². The number of carbonyl (C=O) groups is 1.